The van der Waals surface area contributed by atoms with Crippen LogP contribution in [0.5, 0.6) is 5.75 Å². The van der Waals surface area contributed by atoms with Crippen LogP contribution in [0.1, 0.15) is 5.56 Å². The zero-order valence-corrected chi connectivity index (χ0v) is 13.7. The molecule has 1 heterocycles. The van der Waals surface area contributed by atoms with E-state index in [2.05, 4.69) is 10.3 Å². The zero-order valence-electron chi connectivity index (χ0n) is 13.7. The van der Waals surface area contributed by atoms with Crippen molar-refractivity contribution in [3.05, 3.63) is 72.3 Å². The number of amides is 1. The Labute approximate surface area is 147 Å². The molecule has 1 aromatic heterocycles. The molecule has 5 nitrogen and oxygen atoms in total. The quantitative estimate of drug-likeness (QED) is 0.693. The van der Waals surface area contributed by atoms with Crippen molar-refractivity contribution in [3.8, 4) is 17.1 Å². The maximum atomic E-state index is 13.6. The standard InChI is InChI=1S/C19H14F2N2O3/c1-25-17-9-12(5-6-14(17)18-10-22-11-26-18)23-19(24)8-7-13-15(20)3-2-4-16(13)21/h2-11H,1H3,(H,23,24). The molecule has 0 radical (unpaired) electrons. The molecule has 7 heteroatoms. The third kappa shape index (κ3) is 3.77. The number of methoxy groups -OCH3 is 1. The summed E-state index contributed by atoms with van der Waals surface area (Å²) >= 11 is 0. The van der Waals surface area contributed by atoms with Gasteiger partial charge >= 0.3 is 0 Å². The second kappa shape index (κ2) is 7.60. The van der Waals surface area contributed by atoms with Gasteiger partial charge in [0.05, 0.1) is 18.9 Å². The van der Waals surface area contributed by atoms with Gasteiger partial charge in [-0.1, -0.05) is 6.07 Å². The average Bonchev–Trinajstić information content (AvgIpc) is 3.15. The number of aromatic nitrogens is 1. The molecule has 0 aliphatic heterocycles. The smallest absolute Gasteiger partial charge is 0.248 e. The highest BCUT2D eigenvalue weighted by atomic mass is 19.1. The molecule has 26 heavy (non-hydrogen) atoms. The summed E-state index contributed by atoms with van der Waals surface area (Å²) in [6.07, 6.45) is 4.98. The molecule has 132 valence electrons. The number of nitrogens with one attached hydrogen (secondary N) is 1. The van der Waals surface area contributed by atoms with Gasteiger partial charge in [-0.05, 0) is 30.3 Å². The summed E-state index contributed by atoms with van der Waals surface area (Å²) in [5.74, 6) is -1.03. The van der Waals surface area contributed by atoms with Crippen molar-refractivity contribution in [1.29, 1.82) is 0 Å². The molecule has 0 bridgehead atoms. The Morgan fingerprint density at radius 2 is 2.00 bits per heavy atom. The molecule has 0 spiro atoms. The van der Waals surface area contributed by atoms with Crippen molar-refractivity contribution in [2.45, 2.75) is 0 Å². The summed E-state index contributed by atoms with van der Waals surface area (Å²) in [4.78, 5) is 15.9. The number of nitrogens with zero attached hydrogens (tertiary/aromatic N) is 1. The van der Waals surface area contributed by atoms with Crippen molar-refractivity contribution in [1.82, 2.24) is 4.98 Å². The summed E-state index contributed by atoms with van der Waals surface area (Å²) < 4.78 is 37.6. The Hall–Kier alpha value is -3.48. The van der Waals surface area contributed by atoms with E-state index in [1.54, 1.807) is 24.4 Å². The number of carbonyl (C=O) groups excluding carboxylic acids is 1. The summed E-state index contributed by atoms with van der Waals surface area (Å²) in [5.41, 5.74) is 0.849. The lowest BCUT2D eigenvalue weighted by Crippen LogP contribution is -2.08. The van der Waals surface area contributed by atoms with Crippen LogP contribution in [0.25, 0.3) is 17.4 Å². The number of hydrogen-bond donors (Lipinski definition) is 1. The lowest BCUT2D eigenvalue weighted by molar-refractivity contribution is -0.111. The SMILES string of the molecule is COc1cc(NC(=O)C=Cc2c(F)cccc2F)ccc1-c1cnco1. The van der Waals surface area contributed by atoms with Crippen LogP contribution in [0.15, 0.2) is 59.5 Å². The molecule has 0 saturated carbocycles. The van der Waals surface area contributed by atoms with Gasteiger partial charge in [0, 0.05) is 23.4 Å². The number of hydrogen-bond acceptors (Lipinski definition) is 4. The molecular weight excluding hydrogens is 342 g/mol. The van der Waals surface area contributed by atoms with E-state index in [1.807, 2.05) is 0 Å². The van der Waals surface area contributed by atoms with Gasteiger partial charge in [-0.2, -0.15) is 0 Å². The minimum Gasteiger partial charge on any atom is -0.496 e. The zero-order chi connectivity index (χ0) is 18.5. The average molecular weight is 356 g/mol. The van der Waals surface area contributed by atoms with Gasteiger partial charge in [0.15, 0.2) is 12.2 Å². The van der Waals surface area contributed by atoms with E-state index in [4.69, 9.17) is 9.15 Å². The van der Waals surface area contributed by atoms with Gasteiger partial charge in [0.1, 0.15) is 17.4 Å². The van der Waals surface area contributed by atoms with Crippen LogP contribution in [0, 0.1) is 11.6 Å². The monoisotopic (exact) mass is 356 g/mol. The van der Waals surface area contributed by atoms with Crippen molar-refractivity contribution in [3.63, 3.8) is 0 Å². The minimum atomic E-state index is -0.743. The maximum Gasteiger partial charge on any atom is 0.248 e. The fourth-order valence-corrected chi connectivity index (χ4v) is 2.33. The minimum absolute atomic E-state index is 0.277. The molecule has 3 aromatic rings. The first-order valence-corrected chi connectivity index (χ1v) is 7.58. The van der Waals surface area contributed by atoms with Crippen LogP contribution in [0.4, 0.5) is 14.5 Å². The molecule has 2 aromatic carbocycles. The van der Waals surface area contributed by atoms with Gasteiger partial charge in [-0.25, -0.2) is 13.8 Å². The predicted molar refractivity (Wildman–Crippen MR) is 92.5 cm³/mol. The fourth-order valence-electron chi connectivity index (χ4n) is 2.33. The van der Waals surface area contributed by atoms with E-state index in [0.717, 1.165) is 24.3 Å². The highest BCUT2D eigenvalue weighted by Gasteiger charge is 2.11. The molecule has 0 saturated heterocycles. The largest absolute Gasteiger partial charge is 0.496 e. The van der Waals surface area contributed by atoms with Crippen LogP contribution in [-0.4, -0.2) is 18.0 Å². The molecule has 0 fully saturated rings. The molecule has 1 amide bonds. The number of ether oxygens (including phenoxy) is 1. The molecular formula is C19H14F2N2O3. The van der Waals surface area contributed by atoms with Gasteiger partial charge in [-0.15, -0.1) is 0 Å². The van der Waals surface area contributed by atoms with E-state index in [9.17, 15) is 13.6 Å². The van der Waals surface area contributed by atoms with Crippen LogP contribution in [0.2, 0.25) is 0 Å². The second-order valence-electron chi connectivity index (χ2n) is 5.24. The number of benzene rings is 2. The highest BCUT2D eigenvalue weighted by molar-refractivity contribution is 6.02. The molecule has 0 unspecified atom stereocenters. The topological polar surface area (TPSA) is 64.4 Å². The van der Waals surface area contributed by atoms with E-state index >= 15 is 0 Å². The first kappa shape index (κ1) is 17.3. The van der Waals surface area contributed by atoms with Crippen LogP contribution in [0.3, 0.4) is 0 Å². The first-order valence-electron chi connectivity index (χ1n) is 7.58. The molecule has 0 aliphatic rings. The number of carbonyl (C=O) groups is 1. The summed E-state index contributed by atoms with van der Waals surface area (Å²) in [6.45, 7) is 0. The number of oxazole rings is 1. The summed E-state index contributed by atoms with van der Waals surface area (Å²) in [6, 6.07) is 8.45. The van der Waals surface area contributed by atoms with E-state index in [0.29, 0.717) is 22.8 Å². The third-order valence-corrected chi connectivity index (χ3v) is 3.57. The summed E-state index contributed by atoms with van der Waals surface area (Å²) in [5, 5.41) is 2.60. The Balaban J connectivity index is 1.76. The van der Waals surface area contributed by atoms with Crippen molar-refractivity contribution >= 4 is 17.7 Å². The summed E-state index contributed by atoms with van der Waals surface area (Å²) in [7, 11) is 1.49. The molecule has 0 atom stereocenters. The number of rotatable bonds is 5. The molecule has 0 aliphatic carbocycles. The Bertz CT molecular complexity index is 933. The molecule has 3 rings (SSSR count). The molecule has 1 N–H and O–H groups in total. The van der Waals surface area contributed by atoms with E-state index < -0.39 is 17.5 Å². The lowest BCUT2D eigenvalue weighted by atomic mass is 10.1. The van der Waals surface area contributed by atoms with Gasteiger partial charge in [-0.3, -0.25) is 4.79 Å². The lowest BCUT2D eigenvalue weighted by Gasteiger charge is -2.09. The number of anilines is 1. The van der Waals surface area contributed by atoms with Crippen LogP contribution < -0.4 is 10.1 Å². The third-order valence-electron chi connectivity index (χ3n) is 3.57. The maximum absolute atomic E-state index is 13.6. The van der Waals surface area contributed by atoms with Crippen molar-refractivity contribution < 1.29 is 22.7 Å². The van der Waals surface area contributed by atoms with E-state index in [1.165, 1.54) is 19.6 Å². The van der Waals surface area contributed by atoms with E-state index in [-0.39, 0.29) is 5.56 Å². The normalized spacial score (nSPS) is 10.9. The van der Waals surface area contributed by atoms with Crippen LogP contribution in [-0.2, 0) is 4.79 Å². The van der Waals surface area contributed by atoms with Crippen molar-refractivity contribution in [2.24, 2.45) is 0 Å². The Morgan fingerprint density at radius 1 is 1.23 bits per heavy atom. The van der Waals surface area contributed by atoms with Crippen LogP contribution >= 0.6 is 0 Å². The van der Waals surface area contributed by atoms with Gasteiger partial charge < -0.3 is 14.5 Å². The Kier molecular flexibility index (Phi) is 5.07. The second-order valence-corrected chi connectivity index (χ2v) is 5.24. The number of halogens is 2. The van der Waals surface area contributed by atoms with Gasteiger partial charge in [0.25, 0.3) is 0 Å². The highest BCUT2D eigenvalue weighted by Crippen LogP contribution is 2.32. The van der Waals surface area contributed by atoms with Gasteiger partial charge in [0.2, 0.25) is 5.91 Å². The van der Waals surface area contributed by atoms with Crippen molar-refractivity contribution in [2.75, 3.05) is 12.4 Å². The predicted octanol–water partition coefficient (Wildman–Crippen LogP) is 4.28. The first-order chi connectivity index (χ1) is 12.6. The fraction of sp³-hybridized carbons (Fsp3) is 0.0526. The Morgan fingerprint density at radius 3 is 2.65 bits per heavy atom.